The van der Waals surface area contributed by atoms with Gasteiger partial charge in [-0.15, -0.1) is 0 Å². The Morgan fingerprint density at radius 2 is 1.72 bits per heavy atom. The fraction of sp³-hybridized carbons (Fsp3) is 0.647. The molecule has 1 rings (SSSR count). The fourth-order valence-electron chi connectivity index (χ4n) is 2.64. The molecule has 0 spiro atoms. The third kappa shape index (κ3) is 4.13. The van der Waals surface area contributed by atoms with E-state index < -0.39 is 0 Å². The van der Waals surface area contributed by atoms with Crippen LogP contribution in [-0.2, 0) is 12.8 Å². The topological polar surface area (TPSA) is 26.0 Å². The predicted octanol–water partition coefficient (Wildman–Crippen LogP) is 4.78. The van der Waals surface area contributed by atoms with Gasteiger partial charge in [-0.25, -0.2) is 0 Å². The molecule has 0 aliphatic rings. The van der Waals surface area contributed by atoms with Crippen LogP contribution in [-0.4, -0.2) is 0 Å². The van der Waals surface area contributed by atoms with E-state index in [-0.39, 0.29) is 6.04 Å². The first kappa shape index (κ1) is 15.2. The van der Waals surface area contributed by atoms with Crippen LogP contribution in [0, 0.1) is 0 Å². The minimum atomic E-state index is 0.225. The maximum absolute atomic E-state index is 6.38. The van der Waals surface area contributed by atoms with Crippen molar-refractivity contribution in [2.45, 2.75) is 71.8 Å². The van der Waals surface area contributed by atoms with Crippen molar-refractivity contribution in [2.24, 2.45) is 5.73 Å². The van der Waals surface area contributed by atoms with Crippen LogP contribution in [0.4, 0.5) is 0 Å². The van der Waals surface area contributed by atoms with Crippen molar-refractivity contribution in [1.29, 1.82) is 0 Å². The molecule has 0 heterocycles. The van der Waals surface area contributed by atoms with Gasteiger partial charge in [0.05, 0.1) is 0 Å². The van der Waals surface area contributed by atoms with Crippen molar-refractivity contribution in [3.63, 3.8) is 0 Å². The van der Waals surface area contributed by atoms with Gasteiger partial charge in [0.1, 0.15) is 0 Å². The van der Waals surface area contributed by atoms with Gasteiger partial charge in [0.2, 0.25) is 0 Å². The third-order valence-electron chi connectivity index (χ3n) is 3.60. The summed E-state index contributed by atoms with van der Waals surface area (Å²) in [5, 5.41) is 0. The lowest BCUT2D eigenvalue weighted by Gasteiger charge is -2.19. The highest BCUT2D eigenvalue weighted by Gasteiger charge is 2.13. The van der Waals surface area contributed by atoms with E-state index in [4.69, 9.17) is 5.73 Å². The van der Waals surface area contributed by atoms with E-state index in [9.17, 15) is 0 Å². The van der Waals surface area contributed by atoms with E-state index in [1.54, 1.807) is 0 Å². The Morgan fingerprint density at radius 3 is 2.33 bits per heavy atom. The summed E-state index contributed by atoms with van der Waals surface area (Å²) in [6.45, 7) is 6.73. The molecular weight excluding hydrogens is 218 g/mol. The van der Waals surface area contributed by atoms with E-state index in [1.807, 2.05) is 0 Å². The summed E-state index contributed by atoms with van der Waals surface area (Å²) in [5.41, 5.74) is 10.8. The molecule has 1 nitrogen and oxygen atoms in total. The predicted molar refractivity (Wildman–Crippen MR) is 80.9 cm³/mol. The quantitative estimate of drug-likeness (QED) is 0.703. The molecule has 1 heteroatoms. The van der Waals surface area contributed by atoms with Crippen molar-refractivity contribution < 1.29 is 0 Å². The number of hydrogen-bond donors (Lipinski definition) is 1. The van der Waals surface area contributed by atoms with Gasteiger partial charge in [-0.05, 0) is 36.0 Å². The van der Waals surface area contributed by atoms with E-state index >= 15 is 0 Å². The molecule has 0 bridgehead atoms. The number of benzene rings is 1. The van der Waals surface area contributed by atoms with Crippen molar-refractivity contribution >= 4 is 0 Å². The second kappa shape index (κ2) is 8.31. The van der Waals surface area contributed by atoms with Gasteiger partial charge in [0, 0.05) is 6.04 Å². The summed E-state index contributed by atoms with van der Waals surface area (Å²) in [4.78, 5) is 0. The second-order valence-corrected chi connectivity index (χ2v) is 5.23. The highest BCUT2D eigenvalue weighted by atomic mass is 14.6. The molecule has 1 aromatic carbocycles. The molecule has 0 aromatic heterocycles. The Morgan fingerprint density at radius 1 is 1.00 bits per heavy atom. The molecule has 1 aromatic rings. The number of aryl methyl sites for hydroxylation is 1. The maximum atomic E-state index is 6.38. The number of unbranched alkanes of at least 4 members (excludes halogenated alkanes) is 1. The zero-order chi connectivity index (χ0) is 13.4. The van der Waals surface area contributed by atoms with Gasteiger partial charge in [-0.3, -0.25) is 0 Å². The molecule has 1 unspecified atom stereocenters. The van der Waals surface area contributed by atoms with Crippen LogP contribution in [0.25, 0.3) is 0 Å². The summed E-state index contributed by atoms with van der Waals surface area (Å²) in [5.74, 6) is 0. The Bertz CT molecular complexity index is 343. The summed E-state index contributed by atoms with van der Waals surface area (Å²) >= 11 is 0. The number of hydrogen-bond acceptors (Lipinski definition) is 1. The minimum absolute atomic E-state index is 0.225. The second-order valence-electron chi connectivity index (χ2n) is 5.23. The van der Waals surface area contributed by atoms with Crippen molar-refractivity contribution in [1.82, 2.24) is 0 Å². The molecule has 0 saturated heterocycles. The lowest BCUT2D eigenvalue weighted by Crippen LogP contribution is -2.14. The van der Waals surface area contributed by atoms with E-state index in [0.29, 0.717) is 0 Å². The lowest BCUT2D eigenvalue weighted by molar-refractivity contribution is 0.596. The SMILES string of the molecule is CCCCC(N)c1cccc(CCC)c1CCC. The Kier molecular flexibility index (Phi) is 7.04. The van der Waals surface area contributed by atoms with Crippen LogP contribution >= 0.6 is 0 Å². The number of nitrogens with two attached hydrogens (primary N) is 1. The summed E-state index contributed by atoms with van der Waals surface area (Å²) < 4.78 is 0. The average Bonchev–Trinajstić information content (AvgIpc) is 2.38. The van der Waals surface area contributed by atoms with Gasteiger partial charge in [-0.2, -0.15) is 0 Å². The first-order valence-electron chi connectivity index (χ1n) is 7.60. The smallest absolute Gasteiger partial charge is 0.0297 e. The van der Waals surface area contributed by atoms with Crippen LogP contribution in [0.2, 0.25) is 0 Å². The standard InChI is InChI=1S/C17H29N/c1-4-7-13-17(18)16-12-8-11-14(9-5-2)15(16)10-6-3/h8,11-12,17H,4-7,9-10,13,18H2,1-3H3. The maximum Gasteiger partial charge on any atom is 0.0297 e. The fourth-order valence-corrected chi connectivity index (χ4v) is 2.64. The van der Waals surface area contributed by atoms with Gasteiger partial charge >= 0.3 is 0 Å². The summed E-state index contributed by atoms with van der Waals surface area (Å²) in [7, 11) is 0. The Labute approximate surface area is 113 Å². The molecule has 0 aliphatic heterocycles. The summed E-state index contributed by atoms with van der Waals surface area (Å²) in [6.07, 6.45) is 8.34. The van der Waals surface area contributed by atoms with Crippen LogP contribution in [0.3, 0.4) is 0 Å². The Balaban J connectivity index is 2.97. The van der Waals surface area contributed by atoms with Crippen LogP contribution in [0.5, 0.6) is 0 Å². The van der Waals surface area contributed by atoms with Crippen molar-refractivity contribution in [3.8, 4) is 0 Å². The van der Waals surface area contributed by atoms with Crippen LogP contribution in [0.1, 0.15) is 75.6 Å². The van der Waals surface area contributed by atoms with Gasteiger partial charge < -0.3 is 5.73 Å². The largest absolute Gasteiger partial charge is 0.324 e. The van der Waals surface area contributed by atoms with Gasteiger partial charge in [-0.1, -0.05) is 64.7 Å². The number of rotatable bonds is 8. The van der Waals surface area contributed by atoms with E-state index in [2.05, 4.69) is 39.0 Å². The Hall–Kier alpha value is -0.820. The third-order valence-corrected chi connectivity index (χ3v) is 3.60. The van der Waals surface area contributed by atoms with Crippen molar-refractivity contribution in [3.05, 3.63) is 34.9 Å². The average molecular weight is 247 g/mol. The monoisotopic (exact) mass is 247 g/mol. The van der Waals surface area contributed by atoms with E-state index in [0.717, 1.165) is 6.42 Å². The molecule has 1 atom stereocenters. The van der Waals surface area contributed by atoms with Crippen LogP contribution in [0.15, 0.2) is 18.2 Å². The molecule has 2 N–H and O–H groups in total. The molecule has 0 saturated carbocycles. The molecule has 0 amide bonds. The molecular formula is C17H29N. The highest BCUT2D eigenvalue weighted by molar-refractivity contribution is 5.37. The zero-order valence-corrected chi connectivity index (χ0v) is 12.3. The zero-order valence-electron chi connectivity index (χ0n) is 12.3. The first-order valence-corrected chi connectivity index (χ1v) is 7.60. The normalized spacial score (nSPS) is 12.7. The molecule has 0 fully saturated rings. The molecule has 0 aliphatic carbocycles. The van der Waals surface area contributed by atoms with E-state index in [1.165, 1.54) is 55.2 Å². The molecule has 102 valence electrons. The highest BCUT2D eigenvalue weighted by Crippen LogP contribution is 2.25. The molecule has 18 heavy (non-hydrogen) atoms. The van der Waals surface area contributed by atoms with Crippen molar-refractivity contribution in [2.75, 3.05) is 0 Å². The lowest BCUT2D eigenvalue weighted by atomic mass is 9.89. The summed E-state index contributed by atoms with van der Waals surface area (Å²) in [6, 6.07) is 6.93. The van der Waals surface area contributed by atoms with Gasteiger partial charge in [0.15, 0.2) is 0 Å². The minimum Gasteiger partial charge on any atom is -0.324 e. The van der Waals surface area contributed by atoms with Crippen LogP contribution < -0.4 is 5.73 Å². The molecule has 0 radical (unpaired) electrons. The first-order chi connectivity index (χ1) is 8.74. The van der Waals surface area contributed by atoms with Gasteiger partial charge in [0.25, 0.3) is 0 Å².